The van der Waals surface area contributed by atoms with Crippen LogP contribution in [-0.2, 0) is 23.0 Å². The van der Waals surface area contributed by atoms with E-state index in [1.807, 2.05) is 92.4 Å². The Bertz CT molecular complexity index is 4990. The molecule has 1 aliphatic carbocycles. The molecule has 4 saturated heterocycles. The van der Waals surface area contributed by atoms with E-state index < -0.39 is 24.7 Å². The van der Waals surface area contributed by atoms with Crippen LogP contribution in [0, 0.1) is 16.7 Å². The third-order valence-electron chi connectivity index (χ3n) is 21.4. The van der Waals surface area contributed by atoms with Gasteiger partial charge in [-0.3, -0.25) is 19.2 Å². The molecular formula is C94H105F9N8O8S4. The molecule has 0 spiro atoms. The Balaban J connectivity index is 0.000000160. The molecule has 0 radical (unpaired) electrons. The molecule has 14 rings (SSSR count). The van der Waals surface area contributed by atoms with E-state index in [2.05, 4.69) is 97.8 Å². The smallest absolute Gasteiger partial charge is 0.433 e. The van der Waals surface area contributed by atoms with Crippen molar-refractivity contribution in [3.8, 4) is 23.0 Å². The van der Waals surface area contributed by atoms with Crippen LogP contribution in [0.15, 0.2) is 220 Å². The SMILES string of the molecule is CC(F)(F)Oc1cccc(SCc2cccc(C(=O)N3CCC(c4ccccc4)CC3)n2)c1.CC(F)(F)Oc1cccc(SCc2cccc(C(=O)N3CCCCCC3)n2)c1.CC1(C)C[C@@H]2C[C@@](C)(CN2C(=O)c2cccc(CSc3cccc(OC(F)(F)F)c3)n2)C1.CCC1CCC(C)N(C(=O)c2cccc(CSc3cccc(OC(C)(F)F)c3)n2)C1. The Morgan fingerprint density at radius 3 is 1.17 bits per heavy atom. The van der Waals surface area contributed by atoms with Crippen LogP contribution < -0.4 is 18.9 Å². The van der Waals surface area contributed by atoms with Gasteiger partial charge in [0.2, 0.25) is 0 Å². The van der Waals surface area contributed by atoms with Crippen molar-refractivity contribution in [2.24, 2.45) is 16.7 Å². The summed E-state index contributed by atoms with van der Waals surface area (Å²) >= 11 is 5.72. The lowest BCUT2D eigenvalue weighted by molar-refractivity contribution is -0.274. The van der Waals surface area contributed by atoms with Crippen LogP contribution in [0.4, 0.5) is 39.5 Å². The molecule has 8 heterocycles. The van der Waals surface area contributed by atoms with Crippen molar-refractivity contribution < 1.29 is 77.6 Å². The van der Waals surface area contributed by atoms with Crippen LogP contribution in [0.1, 0.15) is 209 Å². The van der Waals surface area contributed by atoms with Crippen LogP contribution in [0.2, 0.25) is 0 Å². The summed E-state index contributed by atoms with van der Waals surface area (Å²) in [6.07, 6.45) is -1.67. The Kier molecular flexibility index (Phi) is 32.9. The molecule has 0 N–H and O–H groups in total. The number of carbonyl (C=O) groups excluding carboxylic acids is 4. The molecule has 4 amide bonds. The standard InChI is InChI=1S/C26H26F2N2O2S.C24H27F3N2O2S.C23H28F2N2O2S.C21H24F2N2O2S/c1-26(27,28)32-22-10-6-11-23(17-22)33-18-21-9-5-12-24(29-21)25(31)30-15-13-20(14-16-30)19-7-3-2-4-8-19;1-22(2)11-17-12-23(3,14-22)15-29(17)21(30)20-9-4-6-16(28-20)13-32-19-8-5-7-18(10-19)31-24(25,26)27;1-4-17-12-11-16(2)27(14-17)22(28)21-10-5-7-18(26-21)15-30-20-9-6-8-19(13-20)29-23(3,24)25;1-21(22,23)27-17-9-7-10-18(14-17)28-15-16-8-6-11-19(24-16)20(26)25-12-4-2-3-5-13-25/h2-12,17,20H,13-16,18H2,1H3;4-10,17H,11-15H2,1-3H3;5-10,13,16-17H,4,11-12,14-15H2,1-3H3;6-11,14H,2-5,12-13,15H2,1H3/t;17-,23-;;/m.1../s1. The average Bonchev–Trinajstić information content (AvgIpc) is 1.61. The van der Waals surface area contributed by atoms with Gasteiger partial charge in [0.1, 0.15) is 45.8 Å². The van der Waals surface area contributed by atoms with Crippen molar-refractivity contribution in [3.63, 3.8) is 0 Å². The maximum absolute atomic E-state index is 13.3. The Morgan fingerprint density at radius 2 is 0.789 bits per heavy atom. The van der Waals surface area contributed by atoms with Gasteiger partial charge in [-0.2, -0.15) is 26.3 Å². The van der Waals surface area contributed by atoms with Crippen molar-refractivity contribution in [2.45, 2.75) is 218 Å². The van der Waals surface area contributed by atoms with Crippen LogP contribution in [-0.4, -0.2) is 139 Å². The summed E-state index contributed by atoms with van der Waals surface area (Å²) in [5, 5.41) is 0. The van der Waals surface area contributed by atoms with E-state index in [4.69, 9.17) is 0 Å². The first-order valence-corrected chi connectivity index (χ1v) is 45.4. The van der Waals surface area contributed by atoms with E-state index in [9.17, 15) is 58.7 Å². The number of alkyl halides is 9. The van der Waals surface area contributed by atoms with Gasteiger partial charge in [0.15, 0.2) is 0 Å². The molecule has 5 aromatic carbocycles. The largest absolute Gasteiger partial charge is 0.573 e. The summed E-state index contributed by atoms with van der Waals surface area (Å²) in [5.74, 6) is 3.03. The van der Waals surface area contributed by atoms with Crippen LogP contribution >= 0.6 is 47.0 Å². The number of hydrogen-bond donors (Lipinski definition) is 0. The average molecular weight is 1770 g/mol. The van der Waals surface area contributed by atoms with Gasteiger partial charge in [0.25, 0.3) is 23.6 Å². The van der Waals surface area contributed by atoms with Crippen LogP contribution in [0.5, 0.6) is 23.0 Å². The first-order valence-electron chi connectivity index (χ1n) is 41.4. The number of amides is 4. The second-order valence-corrected chi connectivity index (χ2v) is 37.1. The highest BCUT2D eigenvalue weighted by Crippen LogP contribution is 2.53. The topological polar surface area (TPSA) is 170 Å². The fourth-order valence-corrected chi connectivity index (χ4v) is 19.5. The number of aromatic nitrogens is 4. The molecule has 4 aromatic heterocycles. The summed E-state index contributed by atoms with van der Waals surface area (Å²) in [5.41, 5.74) is 6.50. The predicted molar refractivity (Wildman–Crippen MR) is 464 cm³/mol. The minimum Gasteiger partial charge on any atom is -0.433 e. The number of rotatable bonds is 25. The van der Waals surface area contributed by atoms with Crippen molar-refractivity contribution in [3.05, 3.63) is 251 Å². The first-order chi connectivity index (χ1) is 58.4. The molecule has 123 heavy (non-hydrogen) atoms. The number of carbonyl (C=O) groups is 4. The Hall–Kier alpha value is -9.45. The van der Waals surface area contributed by atoms with Gasteiger partial charge in [-0.1, -0.05) is 126 Å². The van der Waals surface area contributed by atoms with E-state index in [0.29, 0.717) is 102 Å². The molecular weight excluding hydrogens is 1670 g/mol. The lowest BCUT2D eigenvalue weighted by Crippen LogP contribution is -2.45. The second-order valence-electron chi connectivity index (χ2n) is 32.9. The number of nitrogens with zero attached hydrogens (tertiary/aromatic N) is 8. The molecule has 4 atom stereocenters. The summed E-state index contributed by atoms with van der Waals surface area (Å²) in [6, 6.07) is 58.3. The van der Waals surface area contributed by atoms with Gasteiger partial charge in [-0.05, 0) is 214 Å². The van der Waals surface area contributed by atoms with Gasteiger partial charge < -0.3 is 38.5 Å². The molecule has 2 unspecified atom stereocenters. The molecule has 2 bridgehead atoms. The summed E-state index contributed by atoms with van der Waals surface area (Å²) in [6.45, 7) is 17.8. The number of benzene rings is 5. The number of piperidine rings is 2. The van der Waals surface area contributed by atoms with E-state index in [1.54, 1.807) is 66.7 Å². The van der Waals surface area contributed by atoms with Crippen LogP contribution in [0.3, 0.4) is 0 Å². The predicted octanol–water partition coefficient (Wildman–Crippen LogP) is 24.1. The minimum atomic E-state index is -4.72. The van der Waals surface area contributed by atoms with E-state index >= 15 is 0 Å². The number of ether oxygens (including phenoxy) is 4. The monoisotopic (exact) mass is 1770 g/mol. The summed E-state index contributed by atoms with van der Waals surface area (Å²) in [7, 11) is 0. The van der Waals surface area contributed by atoms with E-state index in [1.165, 1.54) is 102 Å². The zero-order chi connectivity index (χ0) is 88.1. The van der Waals surface area contributed by atoms with Crippen molar-refractivity contribution in [2.75, 3.05) is 39.3 Å². The minimum absolute atomic E-state index is 0.0191. The number of fused-ring (bicyclic) bond motifs is 2. The molecule has 5 aliphatic rings. The van der Waals surface area contributed by atoms with Crippen molar-refractivity contribution in [1.29, 1.82) is 0 Å². The van der Waals surface area contributed by atoms with Crippen LogP contribution in [0.25, 0.3) is 0 Å². The third kappa shape index (κ3) is 30.2. The quantitative estimate of drug-likeness (QED) is 0.0391. The number of hydrogen-bond acceptors (Lipinski definition) is 16. The van der Waals surface area contributed by atoms with Gasteiger partial charge in [-0.15, -0.1) is 60.2 Å². The molecule has 656 valence electrons. The maximum atomic E-state index is 13.3. The lowest BCUT2D eigenvalue weighted by Gasteiger charge is -2.39. The molecule has 9 aromatic rings. The number of thioether (sulfide) groups is 4. The normalized spacial score (nSPS) is 18.6. The Labute approximate surface area is 731 Å². The fraction of sp³-hybridized carbons (Fsp3) is 0.426. The molecule has 1 saturated carbocycles. The highest BCUT2D eigenvalue weighted by atomic mass is 32.2. The second kappa shape index (κ2) is 43.0. The summed E-state index contributed by atoms with van der Waals surface area (Å²) in [4.78, 5) is 81.0. The van der Waals surface area contributed by atoms with E-state index in [0.717, 1.165) is 122 Å². The lowest BCUT2D eigenvalue weighted by atomic mass is 9.65. The highest BCUT2D eigenvalue weighted by Gasteiger charge is 2.51. The van der Waals surface area contributed by atoms with Gasteiger partial charge in [0.05, 0.1) is 22.8 Å². The third-order valence-corrected chi connectivity index (χ3v) is 25.5. The highest BCUT2D eigenvalue weighted by molar-refractivity contribution is 7.99. The number of pyridine rings is 4. The van der Waals surface area contributed by atoms with Crippen molar-refractivity contribution >= 4 is 70.7 Å². The Morgan fingerprint density at radius 1 is 0.423 bits per heavy atom. The zero-order valence-corrected chi connectivity index (χ0v) is 73.6. The zero-order valence-electron chi connectivity index (χ0n) is 70.3. The van der Waals surface area contributed by atoms with E-state index in [-0.39, 0.29) is 69.5 Å². The molecule has 5 fully saturated rings. The molecule has 4 aliphatic heterocycles. The number of likely N-dealkylation sites (tertiary alicyclic amines) is 4. The fourth-order valence-electron chi connectivity index (χ4n) is 16.1. The summed E-state index contributed by atoms with van der Waals surface area (Å²) < 4.78 is 134. The van der Waals surface area contributed by atoms with Crippen molar-refractivity contribution in [1.82, 2.24) is 39.5 Å². The maximum Gasteiger partial charge on any atom is 0.573 e. The van der Waals surface area contributed by atoms with Gasteiger partial charge in [0, 0.05) is 115 Å². The van der Waals surface area contributed by atoms with Gasteiger partial charge >= 0.3 is 24.7 Å². The van der Waals surface area contributed by atoms with Gasteiger partial charge in [-0.25, -0.2) is 19.9 Å². The molecule has 16 nitrogen and oxygen atoms in total. The molecule has 29 heteroatoms. The number of halogens is 9. The first kappa shape index (κ1) is 94.2.